The van der Waals surface area contributed by atoms with E-state index >= 15 is 0 Å². The van der Waals surface area contributed by atoms with Crippen LogP contribution in [0.2, 0.25) is 0 Å². The normalized spacial score (nSPS) is 22.1. The summed E-state index contributed by atoms with van der Waals surface area (Å²) in [5.74, 6) is -0.573. The van der Waals surface area contributed by atoms with E-state index in [0.717, 1.165) is 18.4 Å². The lowest BCUT2D eigenvalue weighted by Gasteiger charge is -2.27. The molecule has 190 valence electrons. The molecule has 2 aromatic rings. The number of amides is 1. The first kappa shape index (κ1) is 25.5. The van der Waals surface area contributed by atoms with Crippen LogP contribution in [0.3, 0.4) is 0 Å². The number of anilines is 1. The lowest BCUT2D eigenvalue weighted by molar-refractivity contribution is -0.139. The Bertz CT molecular complexity index is 1370. The first-order valence-corrected chi connectivity index (χ1v) is 14.1. The molecule has 3 N–H and O–H groups in total. The van der Waals surface area contributed by atoms with Crippen LogP contribution in [0.15, 0.2) is 58.3 Å². The van der Waals surface area contributed by atoms with Gasteiger partial charge in [-0.1, -0.05) is 18.2 Å². The summed E-state index contributed by atoms with van der Waals surface area (Å²) in [6.45, 7) is -0.308. The molecule has 1 saturated heterocycles. The fraction of sp³-hybridized carbons (Fsp3) is 0.409. The van der Waals surface area contributed by atoms with E-state index in [0.29, 0.717) is 18.9 Å². The number of rotatable bonds is 6. The molecule has 0 aromatic heterocycles. The Morgan fingerprint density at radius 1 is 1.09 bits per heavy atom. The Morgan fingerprint density at radius 2 is 1.74 bits per heavy atom. The highest BCUT2D eigenvalue weighted by Crippen LogP contribution is 2.39. The summed E-state index contributed by atoms with van der Waals surface area (Å²) in [5, 5.41) is 1.32. The van der Waals surface area contributed by atoms with Crippen LogP contribution in [0.4, 0.5) is 18.9 Å². The van der Waals surface area contributed by atoms with E-state index in [1.165, 1.54) is 35.2 Å². The largest absolute Gasteiger partial charge is 0.417 e. The Kier molecular flexibility index (Phi) is 6.17. The fourth-order valence-electron chi connectivity index (χ4n) is 4.17. The molecule has 1 saturated carbocycles. The van der Waals surface area contributed by atoms with Crippen LogP contribution < -0.4 is 16.0 Å². The molecule has 2 fully saturated rings. The van der Waals surface area contributed by atoms with Crippen molar-refractivity contribution in [2.75, 3.05) is 17.7 Å². The molecule has 2 aliphatic rings. The quantitative estimate of drug-likeness (QED) is 0.547. The zero-order chi connectivity index (χ0) is 25.8. The van der Waals surface area contributed by atoms with Crippen molar-refractivity contribution in [2.45, 2.75) is 52.2 Å². The van der Waals surface area contributed by atoms with Crippen molar-refractivity contribution < 1.29 is 34.8 Å². The van der Waals surface area contributed by atoms with Crippen LogP contribution in [0.1, 0.15) is 24.8 Å². The molecule has 0 radical (unpaired) electrons. The maximum Gasteiger partial charge on any atom is 0.417 e. The van der Waals surface area contributed by atoms with Crippen molar-refractivity contribution in [3.8, 4) is 0 Å². The van der Waals surface area contributed by atoms with Crippen LogP contribution in [0.25, 0.3) is 0 Å². The Balaban J connectivity index is 1.74. The SMILES string of the molecule is CS(=O)(=O)c1cccc(N2C[C@H](S(=O)(=O)c3ccccc3C(F)(F)F)C[C@H]2C(=O)NC2(N)CC2)c1. The number of nitrogens with zero attached hydrogens (tertiary/aromatic N) is 1. The molecule has 2 aromatic carbocycles. The average Bonchev–Trinajstić information content (AvgIpc) is 3.31. The van der Waals surface area contributed by atoms with Gasteiger partial charge in [-0.25, -0.2) is 16.8 Å². The smallest absolute Gasteiger partial charge is 0.358 e. The lowest BCUT2D eigenvalue weighted by Crippen LogP contribution is -2.51. The van der Waals surface area contributed by atoms with E-state index in [9.17, 15) is 34.8 Å². The maximum absolute atomic E-state index is 13.6. The second-order valence-electron chi connectivity index (χ2n) is 8.98. The Labute approximate surface area is 201 Å². The maximum atomic E-state index is 13.6. The van der Waals surface area contributed by atoms with Gasteiger partial charge in [0.15, 0.2) is 19.7 Å². The van der Waals surface area contributed by atoms with E-state index in [1.807, 2.05) is 0 Å². The number of halogens is 3. The third-order valence-electron chi connectivity index (χ3n) is 6.24. The lowest BCUT2D eigenvalue weighted by atomic mass is 10.2. The molecule has 0 bridgehead atoms. The van der Waals surface area contributed by atoms with Gasteiger partial charge in [-0.3, -0.25) is 4.79 Å². The van der Waals surface area contributed by atoms with Gasteiger partial charge >= 0.3 is 6.18 Å². The summed E-state index contributed by atoms with van der Waals surface area (Å²) in [5.41, 5.74) is 4.06. The van der Waals surface area contributed by atoms with Crippen molar-refractivity contribution in [2.24, 2.45) is 5.73 Å². The van der Waals surface area contributed by atoms with Gasteiger partial charge < -0.3 is 16.0 Å². The Morgan fingerprint density at radius 3 is 2.34 bits per heavy atom. The average molecular weight is 532 g/mol. The minimum Gasteiger partial charge on any atom is -0.358 e. The van der Waals surface area contributed by atoms with Gasteiger partial charge in [0.2, 0.25) is 5.91 Å². The molecule has 2 atom stereocenters. The number of nitrogens with one attached hydrogen (secondary N) is 1. The zero-order valence-corrected chi connectivity index (χ0v) is 20.3. The standard InChI is InChI=1S/C22H24F3N3O5S2/c1-34(30,31)15-6-4-5-14(11-15)28-13-16(12-18(28)20(29)27-21(26)9-10-21)35(32,33)19-8-3-2-7-17(19)22(23,24)25/h2-8,11,16,18H,9-10,12-13,26H2,1H3,(H,27,29)/t16-,18+/m1/s1. The molecule has 13 heteroatoms. The number of nitrogens with two attached hydrogens (primary N) is 1. The number of alkyl halides is 3. The van der Waals surface area contributed by atoms with Crippen LogP contribution in [0.5, 0.6) is 0 Å². The van der Waals surface area contributed by atoms with Crippen molar-refractivity contribution in [1.29, 1.82) is 0 Å². The second kappa shape index (κ2) is 8.49. The monoisotopic (exact) mass is 531 g/mol. The van der Waals surface area contributed by atoms with Gasteiger partial charge in [-0.2, -0.15) is 13.2 Å². The molecule has 1 amide bonds. The van der Waals surface area contributed by atoms with Crippen molar-refractivity contribution in [3.05, 3.63) is 54.1 Å². The van der Waals surface area contributed by atoms with E-state index in [-0.39, 0.29) is 23.5 Å². The molecular formula is C22H24F3N3O5S2. The van der Waals surface area contributed by atoms with Crippen LogP contribution in [-0.2, 0) is 30.6 Å². The van der Waals surface area contributed by atoms with E-state index in [2.05, 4.69) is 5.32 Å². The molecule has 0 spiro atoms. The van der Waals surface area contributed by atoms with Gasteiger partial charge in [-0.15, -0.1) is 0 Å². The van der Waals surface area contributed by atoms with Crippen LogP contribution in [-0.4, -0.2) is 52.5 Å². The predicted molar refractivity (Wildman–Crippen MR) is 122 cm³/mol. The van der Waals surface area contributed by atoms with Gasteiger partial charge in [0, 0.05) is 18.5 Å². The molecule has 1 heterocycles. The van der Waals surface area contributed by atoms with Crippen LogP contribution in [0, 0.1) is 0 Å². The van der Waals surface area contributed by atoms with Crippen LogP contribution >= 0.6 is 0 Å². The molecule has 0 unspecified atom stereocenters. The number of hydrogen-bond acceptors (Lipinski definition) is 7. The van der Waals surface area contributed by atoms with Gasteiger partial charge in [0.1, 0.15) is 6.04 Å². The second-order valence-corrected chi connectivity index (χ2v) is 13.2. The number of benzene rings is 2. The summed E-state index contributed by atoms with van der Waals surface area (Å²) in [6.07, 6.45) is -3.10. The highest BCUT2D eigenvalue weighted by atomic mass is 32.2. The Hall–Kier alpha value is -2.64. The van der Waals surface area contributed by atoms with Crippen molar-refractivity contribution >= 4 is 31.3 Å². The molecular weight excluding hydrogens is 507 g/mol. The highest BCUT2D eigenvalue weighted by Gasteiger charge is 2.48. The van der Waals surface area contributed by atoms with Gasteiger partial charge in [0.05, 0.1) is 26.3 Å². The third-order valence-corrected chi connectivity index (χ3v) is 9.54. The van der Waals surface area contributed by atoms with Gasteiger partial charge in [-0.05, 0) is 49.6 Å². The molecule has 1 aliphatic carbocycles. The minimum atomic E-state index is -4.89. The molecule has 1 aliphatic heterocycles. The minimum absolute atomic E-state index is 0.0413. The third kappa shape index (κ3) is 5.16. The number of carbonyl (C=O) groups excluding carboxylic acids is 1. The summed E-state index contributed by atoms with van der Waals surface area (Å²) in [4.78, 5) is 13.6. The summed E-state index contributed by atoms with van der Waals surface area (Å²) < 4.78 is 91.5. The zero-order valence-electron chi connectivity index (χ0n) is 18.6. The number of hydrogen-bond donors (Lipinski definition) is 2. The molecule has 4 rings (SSSR count). The highest BCUT2D eigenvalue weighted by molar-refractivity contribution is 7.92. The first-order chi connectivity index (χ1) is 16.1. The number of sulfone groups is 2. The van der Waals surface area contributed by atoms with E-state index in [4.69, 9.17) is 5.73 Å². The molecule has 35 heavy (non-hydrogen) atoms. The fourth-order valence-corrected chi connectivity index (χ4v) is 6.74. The molecule has 8 nitrogen and oxygen atoms in total. The van der Waals surface area contributed by atoms with Gasteiger partial charge in [0.25, 0.3) is 0 Å². The number of carbonyl (C=O) groups is 1. The first-order valence-electron chi connectivity index (χ1n) is 10.7. The van der Waals surface area contributed by atoms with E-state index < -0.39 is 59.2 Å². The van der Waals surface area contributed by atoms with Crippen molar-refractivity contribution in [3.63, 3.8) is 0 Å². The van der Waals surface area contributed by atoms with E-state index in [1.54, 1.807) is 0 Å². The summed E-state index contributed by atoms with van der Waals surface area (Å²) in [6, 6.07) is 8.47. The van der Waals surface area contributed by atoms with Crippen molar-refractivity contribution in [1.82, 2.24) is 5.32 Å². The summed E-state index contributed by atoms with van der Waals surface area (Å²) >= 11 is 0. The topological polar surface area (TPSA) is 127 Å². The predicted octanol–water partition coefficient (Wildman–Crippen LogP) is 2.10. The summed E-state index contributed by atoms with van der Waals surface area (Å²) in [7, 11) is -8.13.